The van der Waals surface area contributed by atoms with E-state index in [9.17, 15) is 4.79 Å². The molecule has 0 saturated carbocycles. The molecule has 0 N–H and O–H groups in total. The third-order valence-electron chi connectivity index (χ3n) is 3.81. The van der Waals surface area contributed by atoms with Crippen LogP contribution in [0.1, 0.15) is 24.8 Å². The molecule has 1 aliphatic heterocycles. The third-order valence-corrected chi connectivity index (χ3v) is 3.81. The molecule has 2 rings (SSSR count). The van der Waals surface area contributed by atoms with E-state index in [1.54, 1.807) is 12.2 Å². The highest BCUT2D eigenvalue weighted by Crippen LogP contribution is 2.29. The third kappa shape index (κ3) is 5.16. The number of nitrogens with zero attached hydrogens (tertiary/aromatic N) is 1. The molecule has 1 heterocycles. The molecule has 1 fully saturated rings. The highest BCUT2D eigenvalue weighted by atomic mass is 16.5. The van der Waals surface area contributed by atoms with Crippen LogP contribution in [0.5, 0.6) is 11.5 Å². The van der Waals surface area contributed by atoms with E-state index in [2.05, 4.69) is 13.2 Å². The first-order valence-corrected chi connectivity index (χ1v) is 8.12. The topological polar surface area (TPSA) is 38.8 Å². The minimum absolute atomic E-state index is 0.239. The number of aryl methyl sites for hydroxylation is 1. The summed E-state index contributed by atoms with van der Waals surface area (Å²) >= 11 is 0. The average Bonchev–Trinajstić information content (AvgIpc) is 3.11. The van der Waals surface area contributed by atoms with E-state index in [1.807, 2.05) is 23.1 Å². The van der Waals surface area contributed by atoms with Crippen molar-refractivity contribution in [1.29, 1.82) is 0 Å². The molecule has 23 heavy (non-hydrogen) atoms. The van der Waals surface area contributed by atoms with Crippen LogP contribution in [-0.4, -0.2) is 37.1 Å². The summed E-state index contributed by atoms with van der Waals surface area (Å²) in [6.07, 6.45) is 6.89. The van der Waals surface area contributed by atoms with Gasteiger partial charge in [0.1, 0.15) is 13.2 Å². The van der Waals surface area contributed by atoms with E-state index in [0.29, 0.717) is 37.6 Å². The second kappa shape index (κ2) is 9.03. The summed E-state index contributed by atoms with van der Waals surface area (Å²) in [4.78, 5) is 14.1. The molecular weight excluding hydrogens is 290 g/mol. The predicted octanol–water partition coefficient (Wildman–Crippen LogP) is 3.37. The molecule has 0 aromatic heterocycles. The quantitative estimate of drug-likeness (QED) is 0.656. The number of carbonyl (C=O) groups is 1. The Balaban J connectivity index is 1.98. The molecule has 124 valence electrons. The van der Waals surface area contributed by atoms with Gasteiger partial charge in [0.25, 0.3) is 0 Å². The number of ether oxygens (including phenoxy) is 2. The van der Waals surface area contributed by atoms with Crippen molar-refractivity contribution in [3.63, 3.8) is 0 Å². The van der Waals surface area contributed by atoms with Crippen molar-refractivity contribution in [2.24, 2.45) is 0 Å². The van der Waals surface area contributed by atoms with E-state index >= 15 is 0 Å². The van der Waals surface area contributed by atoms with Gasteiger partial charge in [-0.2, -0.15) is 0 Å². The number of likely N-dealkylation sites (tertiary alicyclic amines) is 1. The van der Waals surface area contributed by atoms with Crippen LogP contribution in [-0.2, 0) is 11.2 Å². The first kappa shape index (κ1) is 17.1. The number of rotatable bonds is 9. The number of benzene rings is 1. The van der Waals surface area contributed by atoms with Gasteiger partial charge in [0, 0.05) is 19.5 Å². The fourth-order valence-electron chi connectivity index (χ4n) is 2.61. The van der Waals surface area contributed by atoms with Crippen molar-refractivity contribution in [3.8, 4) is 11.5 Å². The van der Waals surface area contributed by atoms with Crippen LogP contribution in [0.3, 0.4) is 0 Å². The lowest BCUT2D eigenvalue weighted by Gasteiger charge is -2.16. The zero-order chi connectivity index (χ0) is 16.5. The standard InChI is InChI=1S/C19H25NO3/c1-3-13-22-17-9-7-16(15-18(17)23-14-4-2)8-10-19(21)20-11-5-6-12-20/h3-4,7,9,15H,1-2,5-6,8,10-14H2. The average molecular weight is 315 g/mol. The normalized spacial score (nSPS) is 13.7. The summed E-state index contributed by atoms with van der Waals surface area (Å²) in [6, 6.07) is 5.81. The van der Waals surface area contributed by atoms with Crippen molar-refractivity contribution >= 4 is 5.91 Å². The maximum Gasteiger partial charge on any atom is 0.222 e. The van der Waals surface area contributed by atoms with E-state index in [0.717, 1.165) is 31.5 Å². The van der Waals surface area contributed by atoms with Gasteiger partial charge in [-0.05, 0) is 37.0 Å². The van der Waals surface area contributed by atoms with E-state index < -0.39 is 0 Å². The number of carbonyl (C=O) groups excluding carboxylic acids is 1. The molecular formula is C19H25NO3. The SMILES string of the molecule is C=CCOc1ccc(CCC(=O)N2CCCC2)cc1OCC=C. The summed E-state index contributed by atoms with van der Waals surface area (Å²) < 4.78 is 11.3. The lowest BCUT2D eigenvalue weighted by Crippen LogP contribution is -2.27. The van der Waals surface area contributed by atoms with Crippen LogP contribution < -0.4 is 9.47 Å². The molecule has 4 nitrogen and oxygen atoms in total. The Morgan fingerprint density at radius 2 is 1.74 bits per heavy atom. The fraction of sp³-hybridized carbons (Fsp3) is 0.421. The minimum Gasteiger partial charge on any atom is -0.486 e. The van der Waals surface area contributed by atoms with Gasteiger partial charge in [-0.15, -0.1) is 0 Å². The number of hydrogen-bond acceptors (Lipinski definition) is 3. The summed E-state index contributed by atoms with van der Waals surface area (Å²) in [5.41, 5.74) is 1.07. The van der Waals surface area contributed by atoms with Crippen LogP contribution in [0.15, 0.2) is 43.5 Å². The maximum atomic E-state index is 12.1. The van der Waals surface area contributed by atoms with Crippen molar-refractivity contribution in [1.82, 2.24) is 4.90 Å². The Kier molecular flexibility index (Phi) is 6.73. The molecule has 0 unspecified atom stereocenters. The second-order valence-corrected chi connectivity index (χ2v) is 5.57. The lowest BCUT2D eigenvalue weighted by molar-refractivity contribution is -0.130. The molecule has 0 aliphatic carbocycles. The van der Waals surface area contributed by atoms with Gasteiger partial charge in [-0.25, -0.2) is 0 Å². The molecule has 1 aromatic rings. The van der Waals surface area contributed by atoms with Gasteiger partial charge in [-0.3, -0.25) is 4.79 Å². The zero-order valence-corrected chi connectivity index (χ0v) is 13.6. The highest BCUT2D eigenvalue weighted by molar-refractivity contribution is 5.76. The van der Waals surface area contributed by atoms with E-state index in [-0.39, 0.29) is 5.91 Å². The van der Waals surface area contributed by atoms with Crippen molar-refractivity contribution in [3.05, 3.63) is 49.1 Å². The van der Waals surface area contributed by atoms with Gasteiger partial charge in [0.15, 0.2) is 11.5 Å². The second-order valence-electron chi connectivity index (χ2n) is 5.57. The smallest absolute Gasteiger partial charge is 0.222 e. The molecule has 0 bridgehead atoms. The zero-order valence-electron chi connectivity index (χ0n) is 13.6. The highest BCUT2D eigenvalue weighted by Gasteiger charge is 2.17. The van der Waals surface area contributed by atoms with Crippen LogP contribution in [0.2, 0.25) is 0 Å². The summed E-state index contributed by atoms with van der Waals surface area (Å²) in [7, 11) is 0. The Morgan fingerprint density at radius 1 is 1.09 bits per heavy atom. The van der Waals surface area contributed by atoms with Gasteiger partial charge < -0.3 is 14.4 Å². The van der Waals surface area contributed by atoms with Crippen molar-refractivity contribution in [2.45, 2.75) is 25.7 Å². The fourth-order valence-corrected chi connectivity index (χ4v) is 2.61. The van der Waals surface area contributed by atoms with E-state index in [1.165, 1.54) is 0 Å². The van der Waals surface area contributed by atoms with Gasteiger partial charge >= 0.3 is 0 Å². The molecule has 1 aromatic carbocycles. The molecule has 4 heteroatoms. The first-order chi connectivity index (χ1) is 11.2. The predicted molar refractivity (Wildman–Crippen MR) is 92.0 cm³/mol. The van der Waals surface area contributed by atoms with Crippen LogP contribution in [0.25, 0.3) is 0 Å². The summed E-state index contributed by atoms with van der Waals surface area (Å²) in [5.74, 6) is 1.60. The molecule has 1 aliphatic rings. The summed E-state index contributed by atoms with van der Waals surface area (Å²) in [5, 5.41) is 0. The molecule has 1 amide bonds. The van der Waals surface area contributed by atoms with Gasteiger partial charge in [0.05, 0.1) is 0 Å². The Bertz CT molecular complexity index is 548. The largest absolute Gasteiger partial charge is 0.486 e. The molecule has 0 atom stereocenters. The van der Waals surface area contributed by atoms with Crippen LogP contribution >= 0.6 is 0 Å². The molecule has 0 radical (unpaired) electrons. The van der Waals surface area contributed by atoms with E-state index in [4.69, 9.17) is 9.47 Å². The summed E-state index contributed by atoms with van der Waals surface area (Å²) in [6.45, 7) is 9.96. The van der Waals surface area contributed by atoms with Crippen molar-refractivity contribution in [2.75, 3.05) is 26.3 Å². The maximum absolute atomic E-state index is 12.1. The first-order valence-electron chi connectivity index (χ1n) is 8.12. The number of amides is 1. The number of hydrogen-bond donors (Lipinski definition) is 0. The van der Waals surface area contributed by atoms with Crippen LogP contribution in [0.4, 0.5) is 0 Å². The van der Waals surface area contributed by atoms with Crippen LogP contribution in [0, 0.1) is 0 Å². The minimum atomic E-state index is 0.239. The monoisotopic (exact) mass is 315 g/mol. The Morgan fingerprint density at radius 3 is 2.39 bits per heavy atom. The Hall–Kier alpha value is -2.23. The van der Waals surface area contributed by atoms with Gasteiger partial charge in [-0.1, -0.05) is 31.4 Å². The Labute approximate surface area is 138 Å². The molecule has 1 saturated heterocycles. The lowest BCUT2D eigenvalue weighted by atomic mass is 10.1. The molecule has 0 spiro atoms. The van der Waals surface area contributed by atoms with Gasteiger partial charge in [0.2, 0.25) is 5.91 Å². The van der Waals surface area contributed by atoms with Crippen molar-refractivity contribution < 1.29 is 14.3 Å².